The summed E-state index contributed by atoms with van der Waals surface area (Å²) in [7, 11) is 0. The van der Waals surface area contributed by atoms with Gasteiger partial charge in [-0.15, -0.1) is 0 Å². The van der Waals surface area contributed by atoms with Crippen LogP contribution in [0.5, 0.6) is 5.75 Å². The van der Waals surface area contributed by atoms with Crippen molar-refractivity contribution in [3.63, 3.8) is 0 Å². The summed E-state index contributed by atoms with van der Waals surface area (Å²) in [5, 5.41) is 1.49. The molecule has 4 aromatic carbocycles. The summed E-state index contributed by atoms with van der Waals surface area (Å²) in [6, 6.07) is 42.0. The topological polar surface area (TPSA) is 31.4 Å². The molecule has 5 rings (SSSR count). The van der Waals surface area contributed by atoms with E-state index in [-0.39, 0.29) is 5.41 Å². The van der Waals surface area contributed by atoms with Gasteiger partial charge in [-0.1, -0.05) is 103 Å². The second-order valence-electron chi connectivity index (χ2n) is 9.06. The van der Waals surface area contributed by atoms with Crippen LogP contribution in [0.15, 0.2) is 121 Å². The Balaban J connectivity index is 1.23. The maximum absolute atomic E-state index is 6.01. The highest BCUT2D eigenvalue weighted by molar-refractivity contribution is 6.29. The van der Waals surface area contributed by atoms with Crippen molar-refractivity contribution in [2.24, 2.45) is 0 Å². The molecule has 3 nitrogen and oxygen atoms in total. The van der Waals surface area contributed by atoms with Crippen molar-refractivity contribution < 1.29 is 9.47 Å². The lowest BCUT2D eigenvalue weighted by molar-refractivity contribution is 0.0956. The number of hydrogen-bond donors (Lipinski definition) is 0. The molecule has 0 amide bonds. The third-order valence-corrected chi connectivity index (χ3v) is 6.97. The van der Waals surface area contributed by atoms with Crippen LogP contribution in [0.25, 0.3) is 10.9 Å². The number of nitrogens with zero attached hydrogens (tertiary/aromatic N) is 1. The molecule has 186 valence electrons. The molecule has 5 aromatic rings. The van der Waals surface area contributed by atoms with Crippen LogP contribution in [-0.2, 0) is 10.2 Å². The number of ether oxygens (including phenoxy) is 2. The number of fused-ring (bicyclic) bond motifs is 1. The summed E-state index contributed by atoms with van der Waals surface area (Å²) in [6.07, 6.45) is 1.85. The van der Waals surface area contributed by atoms with E-state index in [9.17, 15) is 0 Å². The molecule has 1 aromatic heterocycles. The van der Waals surface area contributed by atoms with Crippen molar-refractivity contribution in [1.29, 1.82) is 0 Å². The fourth-order valence-corrected chi connectivity index (χ4v) is 5.18. The van der Waals surface area contributed by atoms with Gasteiger partial charge >= 0.3 is 0 Å². The molecule has 0 saturated carbocycles. The summed E-state index contributed by atoms with van der Waals surface area (Å²) in [6.45, 7) is 1.69. The minimum Gasteiger partial charge on any atom is -0.491 e. The van der Waals surface area contributed by atoms with Gasteiger partial charge in [0, 0.05) is 17.4 Å². The molecule has 0 aliphatic carbocycles. The van der Waals surface area contributed by atoms with Crippen molar-refractivity contribution >= 4 is 22.5 Å². The Morgan fingerprint density at radius 1 is 0.622 bits per heavy atom. The van der Waals surface area contributed by atoms with Crippen molar-refractivity contribution in [3.8, 4) is 5.75 Å². The van der Waals surface area contributed by atoms with E-state index >= 15 is 0 Å². The predicted octanol–water partition coefficient (Wildman–Crippen LogP) is 8.10. The van der Waals surface area contributed by atoms with Crippen molar-refractivity contribution in [2.45, 2.75) is 18.3 Å². The lowest BCUT2D eigenvalue weighted by atomic mass is 9.67. The van der Waals surface area contributed by atoms with Crippen molar-refractivity contribution in [1.82, 2.24) is 4.98 Å². The molecule has 0 radical (unpaired) electrons. The Morgan fingerprint density at radius 3 is 1.81 bits per heavy atom. The van der Waals surface area contributed by atoms with E-state index in [4.69, 9.17) is 21.1 Å². The molecular formula is C33H30ClNO2. The van der Waals surface area contributed by atoms with Gasteiger partial charge in [0.05, 0.1) is 12.1 Å². The van der Waals surface area contributed by atoms with Crippen molar-refractivity contribution in [3.05, 3.63) is 143 Å². The lowest BCUT2D eigenvalue weighted by Crippen LogP contribution is -2.30. The Labute approximate surface area is 223 Å². The van der Waals surface area contributed by atoms with E-state index in [1.54, 1.807) is 6.07 Å². The first-order valence-corrected chi connectivity index (χ1v) is 13.1. The smallest absolute Gasteiger partial charge is 0.129 e. The van der Waals surface area contributed by atoms with Crippen LogP contribution in [0.3, 0.4) is 0 Å². The van der Waals surface area contributed by atoms with Crippen LogP contribution >= 0.6 is 11.6 Å². The molecule has 0 saturated heterocycles. The highest BCUT2D eigenvalue weighted by Gasteiger charge is 2.35. The van der Waals surface area contributed by atoms with Gasteiger partial charge in [0.15, 0.2) is 0 Å². The fourth-order valence-electron chi connectivity index (χ4n) is 5.03. The highest BCUT2D eigenvalue weighted by Crippen LogP contribution is 2.43. The molecule has 0 atom stereocenters. The third-order valence-electron chi connectivity index (χ3n) is 6.76. The third kappa shape index (κ3) is 5.85. The van der Waals surface area contributed by atoms with Crippen LogP contribution in [0.2, 0.25) is 5.15 Å². The predicted molar refractivity (Wildman–Crippen MR) is 152 cm³/mol. The van der Waals surface area contributed by atoms with Crippen molar-refractivity contribution in [2.75, 3.05) is 19.8 Å². The van der Waals surface area contributed by atoms with Gasteiger partial charge in [-0.25, -0.2) is 4.98 Å². The van der Waals surface area contributed by atoms with Crippen LogP contribution in [-0.4, -0.2) is 24.8 Å². The molecule has 0 N–H and O–H groups in total. The summed E-state index contributed by atoms with van der Waals surface area (Å²) in [5.41, 5.74) is 4.49. The number of benzene rings is 4. The maximum Gasteiger partial charge on any atom is 0.129 e. The molecule has 0 bridgehead atoms. The molecule has 0 spiro atoms. The first kappa shape index (κ1) is 25.0. The molecule has 0 fully saturated rings. The second-order valence-corrected chi connectivity index (χ2v) is 9.44. The van der Waals surface area contributed by atoms with E-state index in [0.29, 0.717) is 25.0 Å². The van der Waals surface area contributed by atoms with Crippen LogP contribution in [0.1, 0.15) is 29.5 Å². The fraction of sp³-hybridized carbons (Fsp3) is 0.182. The molecular weight excluding hydrogens is 478 g/mol. The second kappa shape index (κ2) is 12.1. The zero-order valence-electron chi connectivity index (χ0n) is 20.7. The van der Waals surface area contributed by atoms with E-state index in [2.05, 4.69) is 96.0 Å². The first-order valence-electron chi connectivity index (χ1n) is 12.7. The molecule has 0 unspecified atom stereocenters. The lowest BCUT2D eigenvalue weighted by Gasteiger charge is -2.36. The Kier molecular flexibility index (Phi) is 8.15. The summed E-state index contributed by atoms with van der Waals surface area (Å²) in [4.78, 5) is 4.32. The van der Waals surface area contributed by atoms with Crippen LogP contribution < -0.4 is 4.74 Å². The minimum atomic E-state index is -0.244. The van der Waals surface area contributed by atoms with E-state index in [1.165, 1.54) is 16.7 Å². The number of hydrogen-bond acceptors (Lipinski definition) is 3. The maximum atomic E-state index is 6.01. The molecule has 4 heteroatoms. The molecule has 0 aliphatic rings. The van der Waals surface area contributed by atoms with Gasteiger partial charge in [0.1, 0.15) is 17.5 Å². The van der Waals surface area contributed by atoms with Gasteiger partial charge in [-0.2, -0.15) is 0 Å². The van der Waals surface area contributed by atoms with E-state index in [1.807, 2.05) is 24.3 Å². The standard InChI is InChI=1S/C33H30ClNO2/c34-32-20-17-26-25-30(18-19-31(26)35-32)37-24-23-36-22-10-21-33(27-11-4-1-5-12-27,28-13-6-2-7-14-28)29-15-8-3-9-16-29/h1-9,11-20,25H,10,21-24H2. The average Bonchev–Trinajstić information content (AvgIpc) is 2.96. The minimum absolute atomic E-state index is 0.244. The summed E-state index contributed by atoms with van der Waals surface area (Å²) < 4.78 is 11.9. The molecule has 0 aliphatic heterocycles. The first-order chi connectivity index (χ1) is 18.3. The quantitative estimate of drug-likeness (QED) is 0.103. The largest absolute Gasteiger partial charge is 0.491 e. The van der Waals surface area contributed by atoms with E-state index in [0.717, 1.165) is 29.5 Å². The average molecular weight is 508 g/mol. The Morgan fingerprint density at radius 2 is 1.22 bits per heavy atom. The zero-order chi connectivity index (χ0) is 25.3. The summed E-state index contributed by atoms with van der Waals surface area (Å²) in [5.74, 6) is 0.802. The van der Waals surface area contributed by atoms with Gasteiger partial charge in [-0.05, 0) is 59.9 Å². The zero-order valence-corrected chi connectivity index (χ0v) is 21.5. The highest BCUT2D eigenvalue weighted by atomic mass is 35.5. The van der Waals surface area contributed by atoms with Gasteiger partial charge in [0.25, 0.3) is 0 Å². The van der Waals surface area contributed by atoms with Crippen LogP contribution in [0, 0.1) is 0 Å². The molecule has 37 heavy (non-hydrogen) atoms. The SMILES string of the molecule is Clc1ccc2cc(OCCOCCCC(c3ccccc3)(c3ccccc3)c3ccccc3)ccc2n1. The number of rotatable bonds is 11. The van der Waals surface area contributed by atoms with E-state index < -0.39 is 0 Å². The Hall–Kier alpha value is -3.66. The van der Waals surface area contributed by atoms with Gasteiger partial charge in [0.2, 0.25) is 0 Å². The van der Waals surface area contributed by atoms with Crippen LogP contribution in [0.4, 0.5) is 0 Å². The monoisotopic (exact) mass is 507 g/mol. The number of halogens is 1. The number of aromatic nitrogens is 1. The number of pyridine rings is 1. The van der Waals surface area contributed by atoms with Gasteiger partial charge < -0.3 is 9.47 Å². The normalized spacial score (nSPS) is 11.5. The molecule has 1 heterocycles. The summed E-state index contributed by atoms with van der Waals surface area (Å²) >= 11 is 5.98. The Bertz CT molecular complexity index is 1310. The van der Waals surface area contributed by atoms with Gasteiger partial charge in [-0.3, -0.25) is 0 Å².